The molecule has 2 unspecified atom stereocenters. The van der Waals surface area contributed by atoms with Crippen molar-refractivity contribution in [2.75, 3.05) is 13.2 Å². The molecule has 0 aliphatic carbocycles. The van der Waals surface area contributed by atoms with E-state index < -0.39 is 6.61 Å². The lowest BCUT2D eigenvalue weighted by Crippen LogP contribution is -2.28. The summed E-state index contributed by atoms with van der Waals surface area (Å²) in [5.41, 5.74) is 4.21. The summed E-state index contributed by atoms with van der Waals surface area (Å²) in [4.78, 5) is 27.0. The summed E-state index contributed by atoms with van der Waals surface area (Å²) in [7, 11) is 0. The van der Waals surface area contributed by atoms with Crippen molar-refractivity contribution in [3.8, 4) is 16.9 Å². The number of hydrogen-bond acceptors (Lipinski definition) is 6. The van der Waals surface area contributed by atoms with Gasteiger partial charge in [-0.1, -0.05) is 12.1 Å². The zero-order valence-electron chi connectivity index (χ0n) is 19.7. The molecule has 3 aliphatic heterocycles. The van der Waals surface area contributed by atoms with E-state index in [1.165, 1.54) is 6.07 Å². The highest BCUT2D eigenvalue weighted by molar-refractivity contribution is 5.98. The second kappa shape index (κ2) is 8.58. The molecule has 1 N–H and O–H groups in total. The van der Waals surface area contributed by atoms with Crippen molar-refractivity contribution in [3.63, 3.8) is 0 Å². The minimum Gasteiger partial charge on any atom is -0.434 e. The molecule has 188 valence electrons. The van der Waals surface area contributed by atoms with Crippen LogP contribution < -0.4 is 10.1 Å². The largest absolute Gasteiger partial charge is 0.434 e. The number of alkyl halides is 2. The van der Waals surface area contributed by atoms with Crippen LogP contribution in [0.25, 0.3) is 22.2 Å². The third-order valence-electron chi connectivity index (χ3n) is 7.56. The highest BCUT2D eigenvalue weighted by Gasteiger charge is 2.42. The number of rotatable bonds is 4. The summed E-state index contributed by atoms with van der Waals surface area (Å²) < 4.78 is 38.8. The van der Waals surface area contributed by atoms with Gasteiger partial charge in [0.05, 0.1) is 23.1 Å². The third kappa shape index (κ3) is 3.66. The molecule has 1 amide bonds. The molecule has 0 radical (unpaired) electrons. The lowest BCUT2D eigenvalue weighted by Gasteiger charge is -2.21. The fourth-order valence-electron chi connectivity index (χ4n) is 5.84. The van der Waals surface area contributed by atoms with E-state index in [4.69, 9.17) is 14.5 Å². The topological polar surface area (TPSA) is 91.2 Å². The van der Waals surface area contributed by atoms with Crippen LogP contribution in [-0.2, 0) is 4.74 Å². The Balaban J connectivity index is 1.31. The Kier molecular flexibility index (Phi) is 5.17. The molecule has 2 aromatic heterocycles. The van der Waals surface area contributed by atoms with Crippen LogP contribution in [0.3, 0.4) is 0 Å². The van der Waals surface area contributed by atoms with E-state index in [1.54, 1.807) is 12.1 Å². The van der Waals surface area contributed by atoms with Crippen molar-refractivity contribution in [2.24, 2.45) is 0 Å². The van der Waals surface area contributed by atoms with E-state index in [0.29, 0.717) is 29.3 Å². The van der Waals surface area contributed by atoms with Crippen molar-refractivity contribution in [1.82, 2.24) is 24.8 Å². The number of nitrogens with zero attached hydrogens (tertiary/aromatic N) is 4. The summed E-state index contributed by atoms with van der Waals surface area (Å²) >= 11 is 0. The number of ether oxygens (including phenoxy) is 2. The highest BCUT2D eigenvalue weighted by Crippen LogP contribution is 2.47. The number of halogens is 2. The zero-order chi connectivity index (χ0) is 25.1. The van der Waals surface area contributed by atoms with Crippen LogP contribution in [0, 0.1) is 0 Å². The van der Waals surface area contributed by atoms with Crippen molar-refractivity contribution in [1.29, 1.82) is 0 Å². The molecular formula is C27H23F2N5O3. The quantitative estimate of drug-likeness (QED) is 0.432. The molecule has 7 rings (SSSR count). The second-order valence-corrected chi connectivity index (χ2v) is 9.63. The standard InChI is InChI=1S/C27H23F2N5O3/c28-27(29)37-22-3-1-2-17-23(22)21-11-19(33-26(17)35)25-32-18-5-4-15(10-20(18)34(21)25)16-12-30-24(31-13-16)14-6-8-36-9-7-14/h1-5,10,12-14,19,21,27H,6-9,11H2,(H,33,35). The fraction of sp³-hybridized carbons (Fsp3) is 0.333. The summed E-state index contributed by atoms with van der Waals surface area (Å²) in [5.74, 6) is 1.54. The predicted octanol–water partition coefficient (Wildman–Crippen LogP) is 4.77. The van der Waals surface area contributed by atoms with Crippen LogP contribution in [0.4, 0.5) is 8.78 Å². The van der Waals surface area contributed by atoms with Gasteiger partial charge in [0.1, 0.15) is 17.4 Å². The second-order valence-electron chi connectivity index (χ2n) is 9.63. The minimum absolute atomic E-state index is 0.0104. The van der Waals surface area contributed by atoms with Gasteiger partial charge in [-0.05, 0) is 49.1 Å². The Morgan fingerprint density at radius 1 is 1.08 bits per heavy atom. The van der Waals surface area contributed by atoms with Gasteiger partial charge in [0.2, 0.25) is 0 Å². The number of imidazole rings is 1. The first-order chi connectivity index (χ1) is 18.1. The number of benzene rings is 2. The predicted molar refractivity (Wildman–Crippen MR) is 130 cm³/mol. The molecule has 10 heteroatoms. The van der Waals surface area contributed by atoms with Gasteiger partial charge in [-0.2, -0.15) is 8.78 Å². The van der Waals surface area contributed by atoms with Gasteiger partial charge < -0.3 is 19.4 Å². The molecule has 2 bridgehead atoms. The van der Waals surface area contributed by atoms with Gasteiger partial charge in [-0.3, -0.25) is 4.79 Å². The summed E-state index contributed by atoms with van der Waals surface area (Å²) in [6, 6.07) is 9.90. The van der Waals surface area contributed by atoms with Gasteiger partial charge in [-0.25, -0.2) is 15.0 Å². The fourth-order valence-corrected chi connectivity index (χ4v) is 5.84. The lowest BCUT2D eigenvalue weighted by molar-refractivity contribution is -0.0507. The first-order valence-electron chi connectivity index (χ1n) is 12.4. The maximum atomic E-state index is 13.2. The molecule has 2 atom stereocenters. The van der Waals surface area contributed by atoms with Gasteiger partial charge in [0.25, 0.3) is 5.91 Å². The third-order valence-corrected chi connectivity index (χ3v) is 7.56. The summed E-state index contributed by atoms with van der Waals surface area (Å²) in [6.45, 7) is -1.53. The van der Waals surface area contributed by atoms with Gasteiger partial charge in [0, 0.05) is 48.2 Å². The van der Waals surface area contributed by atoms with Crippen molar-refractivity contribution < 1.29 is 23.0 Å². The van der Waals surface area contributed by atoms with Crippen molar-refractivity contribution in [2.45, 2.75) is 43.9 Å². The number of hydrogen-bond donors (Lipinski definition) is 1. The Hall–Kier alpha value is -3.92. The van der Waals surface area contributed by atoms with E-state index in [2.05, 4.69) is 15.3 Å². The maximum Gasteiger partial charge on any atom is 0.387 e. The number of nitrogens with one attached hydrogen (secondary N) is 1. The molecule has 0 spiro atoms. The number of carbonyl (C=O) groups is 1. The van der Waals surface area contributed by atoms with Crippen molar-refractivity contribution >= 4 is 16.9 Å². The van der Waals surface area contributed by atoms with E-state index in [0.717, 1.165) is 54.0 Å². The van der Waals surface area contributed by atoms with Crippen LogP contribution in [0.2, 0.25) is 0 Å². The van der Waals surface area contributed by atoms with Gasteiger partial charge in [0.15, 0.2) is 0 Å². The average molecular weight is 504 g/mol. The number of carbonyl (C=O) groups excluding carboxylic acids is 1. The van der Waals surface area contributed by atoms with Crippen molar-refractivity contribution in [3.05, 3.63) is 71.6 Å². The normalized spacial score (nSPS) is 21.0. The van der Waals surface area contributed by atoms with E-state index in [9.17, 15) is 13.6 Å². The van der Waals surface area contributed by atoms with Crippen LogP contribution >= 0.6 is 0 Å². The Morgan fingerprint density at radius 2 is 1.89 bits per heavy atom. The van der Waals surface area contributed by atoms with Gasteiger partial charge in [-0.15, -0.1) is 0 Å². The smallest absolute Gasteiger partial charge is 0.387 e. The Bertz CT molecular complexity index is 1510. The molecule has 0 saturated carbocycles. The Morgan fingerprint density at radius 3 is 2.68 bits per heavy atom. The molecule has 3 aliphatic rings. The molecule has 37 heavy (non-hydrogen) atoms. The number of fused-ring (bicyclic) bond motifs is 9. The van der Waals surface area contributed by atoms with Crippen LogP contribution in [0.5, 0.6) is 5.75 Å². The average Bonchev–Trinajstić information content (AvgIpc) is 3.41. The number of aromatic nitrogens is 4. The molecule has 1 saturated heterocycles. The molecule has 5 heterocycles. The molecule has 2 aromatic carbocycles. The SMILES string of the molecule is O=C1NC2CC(c3c(OC(F)F)cccc31)n1c2nc2ccc(-c3cnc(C4CCOCC4)nc3)cc21. The van der Waals surface area contributed by atoms with Crippen LogP contribution in [-0.4, -0.2) is 45.3 Å². The number of amides is 1. The molecule has 4 aromatic rings. The zero-order valence-corrected chi connectivity index (χ0v) is 19.7. The van der Waals surface area contributed by atoms with Gasteiger partial charge >= 0.3 is 6.61 Å². The van der Waals surface area contributed by atoms with E-state index >= 15 is 0 Å². The minimum atomic E-state index is -3.00. The summed E-state index contributed by atoms with van der Waals surface area (Å²) in [6.07, 6.45) is 6.03. The Labute approximate surface area is 210 Å². The molecule has 1 fully saturated rings. The van der Waals surface area contributed by atoms with Crippen LogP contribution in [0.1, 0.15) is 64.8 Å². The maximum absolute atomic E-state index is 13.2. The van der Waals surface area contributed by atoms with E-state index in [1.807, 2.05) is 35.2 Å². The lowest BCUT2D eigenvalue weighted by atomic mass is 9.97. The van der Waals surface area contributed by atoms with E-state index in [-0.39, 0.29) is 23.7 Å². The monoisotopic (exact) mass is 503 g/mol. The first-order valence-corrected chi connectivity index (χ1v) is 12.4. The summed E-state index contributed by atoms with van der Waals surface area (Å²) in [5, 5.41) is 3.01. The highest BCUT2D eigenvalue weighted by atomic mass is 19.3. The van der Waals surface area contributed by atoms with Crippen LogP contribution in [0.15, 0.2) is 48.8 Å². The first kappa shape index (κ1) is 22.3. The molecular weight excluding hydrogens is 480 g/mol. The molecule has 8 nitrogen and oxygen atoms in total.